The van der Waals surface area contributed by atoms with Gasteiger partial charge in [0.05, 0.1) is 5.56 Å². The summed E-state index contributed by atoms with van der Waals surface area (Å²) in [5.74, 6) is -1.66. The lowest BCUT2D eigenvalue weighted by molar-refractivity contribution is -0.141. The molecule has 1 heterocycles. The summed E-state index contributed by atoms with van der Waals surface area (Å²) in [4.78, 5) is 24.1. The van der Waals surface area contributed by atoms with Gasteiger partial charge < -0.3 is 14.4 Å². The molecule has 1 aromatic rings. The van der Waals surface area contributed by atoms with Crippen LogP contribution < -0.4 is 0 Å². The summed E-state index contributed by atoms with van der Waals surface area (Å²) in [6, 6.07) is 0.0682. The molecule has 0 aliphatic carbocycles. The van der Waals surface area contributed by atoms with Crippen LogP contribution in [0.4, 0.5) is 0 Å². The van der Waals surface area contributed by atoms with Gasteiger partial charge in [-0.1, -0.05) is 0 Å². The Morgan fingerprint density at radius 1 is 1.29 bits per heavy atom. The highest BCUT2D eigenvalue weighted by Gasteiger charge is 2.29. The third kappa shape index (κ3) is 3.24. The SMILES string of the molecule is Cc1oc(S(=O)(=O)N(C)C)cc1C(=O)N(C)C(C)C(=O)O. The highest BCUT2D eigenvalue weighted by Crippen LogP contribution is 2.22. The van der Waals surface area contributed by atoms with Crippen molar-refractivity contribution in [3.05, 3.63) is 17.4 Å². The molecule has 1 rings (SSSR count). The summed E-state index contributed by atoms with van der Waals surface area (Å²) in [6.07, 6.45) is 0. The van der Waals surface area contributed by atoms with Gasteiger partial charge in [-0.2, -0.15) is 0 Å². The normalized spacial score (nSPS) is 13.2. The Balaban J connectivity index is 3.20. The summed E-state index contributed by atoms with van der Waals surface area (Å²) in [5, 5.41) is 8.55. The van der Waals surface area contributed by atoms with E-state index in [4.69, 9.17) is 9.52 Å². The van der Waals surface area contributed by atoms with Crippen molar-refractivity contribution in [3.63, 3.8) is 0 Å². The maximum Gasteiger partial charge on any atom is 0.326 e. The van der Waals surface area contributed by atoms with Crippen LogP contribution in [0.3, 0.4) is 0 Å². The molecule has 0 bridgehead atoms. The van der Waals surface area contributed by atoms with E-state index in [1.807, 2.05) is 0 Å². The van der Waals surface area contributed by atoms with Crippen LogP contribution in [0, 0.1) is 6.92 Å². The first-order valence-corrected chi connectivity index (χ1v) is 7.47. The molecule has 0 aromatic carbocycles. The number of carboxylic acid groups (broad SMARTS) is 1. The van der Waals surface area contributed by atoms with Gasteiger partial charge in [0.15, 0.2) is 0 Å². The number of carbonyl (C=O) groups excluding carboxylic acids is 1. The van der Waals surface area contributed by atoms with E-state index in [-0.39, 0.29) is 16.4 Å². The molecular weight excluding hydrogens is 300 g/mol. The van der Waals surface area contributed by atoms with Crippen molar-refractivity contribution in [1.29, 1.82) is 0 Å². The topological polar surface area (TPSA) is 108 Å². The Bertz CT molecular complexity index is 661. The second-order valence-corrected chi connectivity index (χ2v) is 6.84. The molecule has 0 spiro atoms. The van der Waals surface area contributed by atoms with Crippen LogP contribution >= 0.6 is 0 Å². The third-order valence-electron chi connectivity index (χ3n) is 3.12. The van der Waals surface area contributed by atoms with Crippen molar-refractivity contribution >= 4 is 21.9 Å². The summed E-state index contributed by atoms with van der Waals surface area (Å²) < 4.78 is 30.0. The zero-order valence-corrected chi connectivity index (χ0v) is 13.3. The lowest BCUT2D eigenvalue weighted by Gasteiger charge is -2.20. The molecule has 118 valence electrons. The van der Waals surface area contributed by atoms with E-state index < -0.39 is 27.9 Å². The number of hydrogen-bond donors (Lipinski definition) is 1. The smallest absolute Gasteiger partial charge is 0.326 e. The van der Waals surface area contributed by atoms with E-state index in [1.165, 1.54) is 35.0 Å². The minimum Gasteiger partial charge on any atom is -0.480 e. The van der Waals surface area contributed by atoms with Crippen LogP contribution in [0.2, 0.25) is 0 Å². The molecule has 0 saturated carbocycles. The molecule has 0 radical (unpaired) electrons. The first kappa shape index (κ1) is 17.2. The van der Waals surface area contributed by atoms with Crippen molar-refractivity contribution in [2.24, 2.45) is 0 Å². The number of hydrogen-bond acceptors (Lipinski definition) is 5. The molecule has 9 heteroatoms. The Hall–Kier alpha value is -1.87. The van der Waals surface area contributed by atoms with E-state index in [1.54, 1.807) is 0 Å². The third-order valence-corrected chi connectivity index (χ3v) is 4.79. The van der Waals surface area contributed by atoms with E-state index in [0.717, 1.165) is 15.3 Å². The predicted octanol–water partition coefficient (Wildman–Crippen LogP) is 0.383. The number of nitrogens with zero attached hydrogens (tertiary/aromatic N) is 2. The maximum atomic E-state index is 12.2. The average molecular weight is 318 g/mol. The van der Waals surface area contributed by atoms with Gasteiger partial charge in [0, 0.05) is 27.2 Å². The maximum absolute atomic E-state index is 12.2. The largest absolute Gasteiger partial charge is 0.480 e. The van der Waals surface area contributed by atoms with Gasteiger partial charge in [-0.05, 0) is 13.8 Å². The molecule has 0 fully saturated rings. The molecule has 1 atom stereocenters. The lowest BCUT2D eigenvalue weighted by atomic mass is 10.2. The van der Waals surface area contributed by atoms with Gasteiger partial charge in [-0.15, -0.1) is 0 Å². The molecule has 1 N–H and O–H groups in total. The Morgan fingerprint density at radius 2 is 1.81 bits per heavy atom. The quantitative estimate of drug-likeness (QED) is 0.841. The van der Waals surface area contributed by atoms with Crippen LogP contribution in [0.25, 0.3) is 0 Å². The number of aliphatic carboxylic acids is 1. The molecular formula is C12H18N2O6S. The molecule has 0 aliphatic rings. The van der Waals surface area contributed by atoms with Gasteiger partial charge in [0.2, 0.25) is 5.09 Å². The molecule has 0 saturated heterocycles. The van der Waals surface area contributed by atoms with Crippen molar-refractivity contribution in [2.45, 2.75) is 25.0 Å². The molecule has 21 heavy (non-hydrogen) atoms. The minimum absolute atomic E-state index is 0.0195. The van der Waals surface area contributed by atoms with Crippen LogP contribution in [-0.2, 0) is 14.8 Å². The second kappa shape index (κ2) is 5.86. The summed E-state index contributed by atoms with van der Waals surface area (Å²) in [7, 11) is 0.213. The van der Waals surface area contributed by atoms with E-state index in [9.17, 15) is 18.0 Å². The van der Waals surface area contributed by atoms with Crippen molar-refractivity contribution < 1.29 is 27.5 Å². The molecule has 1 aromatic heterocycles. The fraction of sp³-hybridized carbons (Fsp3) is 0.500. The fourth-order valence-corrected chi connectivity index (χ4v) is 2.36. The Labute approximate surface area is 123 Å². The molecule has 8 nitrogen and oxygen atoms in total. The number of amides is 1. The second-order valence-electron chi connectivity index (χ2n) is 4.75. The number of sulfonamides is 1. The van der Waals surface area contributed by atoms with Crippen LogP contribution in [-0.4, -0.2) is 61.8 Å². The number of furan rings is 1. The highest BCUT2D eigenvalue weighted by atomic mass is 32.2. The highest BCUT2D eigenvalue weighted by molar-refractivity contribution is 7.88. The number of carboxylic acids is 1. The summed E-state index contributed by atoms with van der Waals surface area (Å²) >= 11 is 0. The number of carbonyl (C=O) groups is 2. The molecule has 1 amide bonds. The van der Waals surface area contributed by atoms with E-state index >= 15 is 0 Å². The zero-order valence-electron chi connectivity index (χ0n) is 12.4. The number of aryl methyl sites for hydroxylation is 1. The monoisotopic (exact) mass is 318 g/mol. The van der Waals surface area contributed by atoms with Crippen LogP contribution in [0.15, 0.2) is 15.6 Å². The van der Waals surface area contributed by atoms with Gasteiger partial charge in [-0.3, -0.25) is 4.79 Å². The average Bonchev–Trinajstić information content (AvgIpc) is 2.78. The minimum atomic E-state index is -3.79. The summed E-state index contributed by atoms with van der Waals surface area (Å²) in [6.45, 7) is 2.80. The van der Waals surface area contributed by atoms with Crippen molar-refractivity contribution in [1.82, 2.24) is 9.21 Å². The number of likely N-dealkylation sites (N-methyl/N-ethyl adjacent to an activating group) is 1. The standard InChI is InChI=1S/C12H18N2O6S/c1-7(12(16)17)14(5)11(15)9-6-10(20-8(9)2)21(18,19)13(3)4/h6-7H,1-5H3,(H,16,17). The first-order chi connectivity index (χ1) is 9.50. The Morgan fingerprint density at radius 3 is 2.24 bits per heavy atom. The van der Waals surface area contributed by atoms with Gasteiger partial charge >= 0.3 is 5.97 Å². The van der Waals surface area contributed by atoms with Gasteiger partial charge in [0.1, 0.15) is 11.8 Å². The zero-order chi connectivity index (χ0) is 16.5. The summed E-state index contributed by atoms with van der Waals surface area (Å²) in [5.41, 5.74) is 0.0195. The van der Waals surface area contributed by atoms with Crippen molar-refractivity contribution in [3.8, 4) is 0 Å². The van der Waals surface area contributed by atoms with Crippen LogP contribution in [0.1, 0.15) is 23.0 Å². The van der Waals surface area contributed by atoms with E-state index in [0.29, 0.717) is 0 Å². The first-order valence-electron chi connectivity index (χ1n) is 6.03. The number of rotatable bonds is 5. The Kier molecular flexibility index (Phi) is 4.79. The molecule has 1 unspecified atom stereocenters. The van der Waals surface area contributed by atoms with Crippen molar-refractivity contribution in [2.75, 3.05) is 21.1 Å². The fourth-order valence-electron chi connectivity index (χ4n) is 1.51. The van der Waals surface area contributed by atoms with Gasteiger partial charge in [-0.25, -0.2) is 17.5 Å². The molecule has 0 aliphatic heterocycles. The predicted molar refractivity (Wildman–Crippen MR) is 73.5 cm³/mol. The van der Waals surface area contributed by atoms with E-state index in [2.05, 4.69) is 0 Å². The van der Waals surface area contributed by atoms with Gasteiger partial charge in [0.25, 0.3) is 15.9 Å². The van der Waals surface area contributed by atoms with Crippen LogP contribution in [0.5, 0.6) is 0 Å². The lowest BCUT2D eigenvalue weighted by Crippen LogP contribution is -2.40.